The van der Waals surface area contributed by atoms with Gasteiger partial charge < -0.3 is 9.47 Å². The number of ether oxygens (including phenoxy) is 2. The summed E-state index contributed by atoms with van der Waals surface area (Å²) in [7, 11) is 0. The summed E-state index contributed by atoms with van der Waals surface area (Å²) in [6, 6.07) is 0. The molecular formula is C30H46O4. The van der Waals surface area contributed by atoms with E-state index in [9.17, 15) is 9.59 Å². The van der Waals surface area contributed by atoms with E-state index in [0.717, 1.165) is 38.5 Å². The minimum Gasteiger partial charge on any atom is -0.460 e. The number of rotatable bonds is 3. The molecular weight excluding hydrogens is 424 g/mol. The first kappa shape index (κ1) is 23.3. The SMILES string of the molecule is CC(C)(C)OC(=O)C12CC3CC(C1)CC(C14CC5CC(CC(C(=O)OC(C)(C)C)(C5)C1)C4)(C3)C2. The van der Waals surface area contributed by atoms with Crippen molar-refractivity contribution in [2.45, 2.75) is 130 Å². The highest BCUT2D eigenvalue weighted by atomic mass is 16.6. The summed E-state index contributed by atoms with van der Waals surface area (Å²) in [5.74, 6) is 2.76. The van der Waals surface area contributed by atoms with Crippen LogP contribution in [0, 0.1) is 45.3 Å². The molecule has 0 saturated heterocycles. The number of esters is 2. The molecule has 0 aromatic heterocycles. The summed E-state index contributed by atoms with van der Waals surface area (Å²) < 4.78 is 12.2. The molecule has 0 radical (unpaired) electrons. The van der Waals surface area contributed by atoms with Crippen LogP contribution in [0.2, 0.25) is 0 Å². The number of hydrogen-bond acceptors (Lipinski definition) is 4. The standard InChI is InChI=1S/C30H46O4/c1-25(2,3)33-23(31)27-9-19-7-20(10-27)14-29(13-19,17-27)30-15-21-8-22(16-30)12-28(11-21,18-30)24(32)34-26(4,5)6/h19-22H,7-18H2,1-6H3. The van der Waals surface area contributed by atoms with Crippen molar-refractivity contribution in [3.8, 4) is 0 Å². The van der Waals surface area contributed by atoms with Crippen LogP contribution in [0.1, 0.15) is 119 Å². The molecule has 4 unspecified atom stereocenters. The number of hydrogen-bond donors (Lipinski definition) is 0. The molecule has 8 aliphatic carbocycles. The van der Waals surface area contributed by atoms with Gasteiger partial charge in [0.2, 0.25) is 0 Å². The summed E-state index contributed by atoms with van der Waals surface area (Å²) in [6.45, 7) is 12.0. The fraction of sp³-hybridized carbons (Fsp3) is 0.933. The Morgan fingerprint density at radius 3 is 1.12 bits per heavy atom. The third kappa shape index (κ3) is 3.43. The Labute approximate surface area is 206 Å². The van der Waals surface area contributed by atoms with Crippen molar-refractivity contribution < 1.29 is 19.1 Å². The zero-order chi connectivity index (χ0) is 24.4. The quantitative estimate of drug-likeness (QED) is 0.424. The van der Waals surface area contributed by atoms with Gasteiger partial charge >= 0.3 is 11.9 Å². The first-order chi connectivity index (χ1) is 15.6. The minimum atomic E-state index is -0.435. The Morgan fingerprint density at radius 1 is 0.559 bits per heavy atom. The number of carbonyl (C=O) groups excluding carboxylic acids is 2. The van der Waals surface area contributed by atoms with E-state index in [1.165, 1.54) is 38.5 Å². The lowest BCUT2D eigenvalue weighted by molar-refractivity contribution is -0.249. The zero-order valence-corrected chi connectivity index (χ0v) is 22.4. The monoisotopic (exact) mass is 470 g/mol. The van der Waals surface area contributed by atoms with E-state index in [1.807, 2.05) is 41.5 Å². The maximum Gasteiger partial charge on any atom is 0.312 e. The van der Waals surface area contributed by atoms with E-state index in [4.69, 9.17) is 9.47 Å². The molecule has 0 heterocycles. The first-order valence-electron chi connectivity index (χ1n) is 14.1. The van der Waals surface area contributed by atoms with Gasteiger partial charge in [0.05, 0.1) is 10.8 Å². The van der Waals surface area contributed by atoms with Gasteiger partial charge in [-0.05, 0) is 153 Å². The average Bonchev–Trinajstić information content (AvgIpc) is 2.63. The molecule has 4 nitrogen and oxygen atoms in total. The molecule has 4 atom stereocenters. The van der Waals surface area contributed by atoms with Gasteiger partial charge in [-0.1, -0.05) is 0 Å². The normalized spacial score (nSPS) is 48.8. The molecule has 34 heavy (non-hydrogen) atoms. The van der Waals surface area contributed by atoms with E-state index in [0.29, 0.717) is 23.7 Å². The third-order valence-corrected chi connectivity index (χ3v) is 10.9. The highest BCUT2D eigenvalue weighted by Crippen LogP contribution is 2.78. The Bertz CT molecular complexity index is 800. The highest BCUT2D eigenvalue weighted by molar-refractivity contribution is 5.79. The molecule has 4 heteroatoms. The van der Waals surface area contributed by atoms with E-state index in [1.54, 1.807) is 0 Å². The van der Waals surface area contributed by atoms with Crippen molar-refractivity contribution in [1.29, 1.82) is 0 Å². The third-order valence-electron chi connectivity index (χ3n) is 10.9. The van der Waals surface area contributed by atoms with Crippen LogP contribution in [-0.4, -0.2) is 23.1 Å². The van der Waals surface area contributed by atoms with Gasteiger partial charge in [-0.25, -0.2) is 0 Å². The largest absolute Gasteiger partial charge is 0.460 e. The van der Waals surface area contributed by atoms with Gasteiger partial charge in [0, 0.05) is 0 Å². The molecule has 8 aliphatic rings. The lowest BCUT2D eigenvalue weighted by Crippen LogP contribution is -2.66. The van der Waals surface area contributed by atoms with Crippen molar-refractivity contribution >= 4 is 11.9 Å². The summed E-state index contributed by atoms with van der Waals surface area (Å²) >= 11 is 0. The highest BCUT2D eigenvalue weighted by Gasteiger charge is 2.72. The molecule has 0 amide bonds. The van der Waals surface area contributed by atoms with E-state index >= 15 is 0 Å². The van der Waals surface area contributed by atoms with Crippen LogP contribution in [0.5, 0.6) is 0 Å². The molecule has 0 aliphatic heterocycles. The minimum absolute atomic E-state index is 0.0741. The molecule has 0 N–H and O–H groups in total. The molecule has 0 spiro atoms. The van der Waals surface area contributed by atoms with Crippen LogP contribution < -0.4 is 0 Å². The van der Waals surface area contributed by atoms with Crippen molar-refractivity contribution in [2.75, 3.05) is 0 Å². The first-order valence-corrected chi connectivity index (χ1v) is 14.1. The average molecular weight is 471 g/mol. The topological polar surface area (TPSA) is 52.6 Å². The van der Waals surface area contributed by atoms with Crippen LogP contribution in [0.15, 0.2) is 0 Å². The second-order valence-electron chi connectivity index (χ2n) is 16.0. The summed E-state index contributed by atoms with van der Waals surface area (Å²) in [6.07, 6.45) is 13.8. The van der Waals surface area contributed by atoms with Gasteiger partial charge in [0.1, 0.15) is 11.2 Å². The van der Waals surface area contributed by atoms with Crippen LogP contribution in [0.3, 0.4) is 0 Å². The Kier molecular flexibility index (Phi) is 4.69. The molecule has 8 saturated carbocycles. The van der Waals surface area contributed by atoms with E-state index < -0.39 is 11.2 Å². The molecule has 0 aromatic carbocycles. The molecule has 0 aromatic rings. The Hall–Kier alpha value is -1.06. The van der Waals surface area contributed by atoms with Crippen LogP contribution in [0.25, 0.3) is 0 Å². The van der Waals surface area contributed by atoms with E-state index in [2.05, 4.69) is 0 Å². The maximum atomic E-state index is 13.7. The molecule has 8 fully saturated rings. The van der Waals surface area contributed by atoms with Gasteiger partial charge in [-0.2, -0.15) is 0 Å². The van der Waals surface area contributed by atoms with Crippen LogP contribution in [0.4, 0.5) is 0 Å². The predicted molar refractivity (Wildman–Crippen MR) is 131 cm³/mol. The summed E-state index contributed by atoms with van der Waals surface area (Å²) in [5.41, 5.74) is -1.04. The van der Waals surface area contributed by atoms with Gasteiger partial charge in [0.15, 0.2) is 0 Å². The second-order valence-corrected chi connectivity index (χ2v) is 16.0. The smallest absolute Gasteiger partial charge is 0.312 e. The van der Waals surface area contributed by atoms with Crippen molar-refractivity contribution in [3.63, 3.8) is 0 Å². The Morgan fingerprint density at radius 2 is 0.853 bits per heavy atom. The summed E-state index contributed by atoms with van der Waals surface area (Å²) in [5, 5.41) is 0. The van der Waals surface area contributed by atoms with Crippen molar-refractivity contribution in [1.82, 2.24) is 0 Å². The predicted octanol–water partition coefficient (Wildman–Crippen LogP) is 6.84. The molecule has 8 bridgehead atoms. The maximum absolute atomic E-state index is 13.7. The van der Waals surface area contributed by atoms with Crippen LogP contribution >= 0.6 is 0 Å². The fourth-order valence-corrected chi connectivity index (χ4v) is 11.0. The van der Waals surface area contributed by atoms with Gasteiger partial charge in [-0.3, -0.25) is 9.59 Å². The van der Waals surface area contributed by atoms with E-state index in [-0.39, 0.29) is 33.6 Å². The van der Waals surface area contributed by atoms with Crippen molar-refractivity contribution in [2.24, 2.45) is 45.3 Å². The van der Waals surface area contributed by atoms with Crippen LogP contribution in [-0.2, 0) is 19.1 Å². The lowest BCUT2D eigenvalue weighted by Gasteiger charge is -2.73. The number of carbonyl (C=O) groups is 2. The summed E-state index contributed by atoms with van der Waals surface area (Å²) in [4.78, 5) is 27.4. The van der Waals surface area contributed by atoms with Gasteiger partial charge in [0.25, 0.3) is 0 Å². The Balaban J connectivity index is 1.36. The molecule has 8 rings (SSSR count). The fourth-order valence-electron chi connectivity index (χ4n) is 11.0. The molecule has 190 valence electrons. The van der Waals surface area contributed by atoms with Gasteiger partial charge in [-0.15, -0.1) is 0 Å². The van der Waals surface area contributed by atoms with Crippen molar-refractivity contribution in [3.05, 3.63) is 0 Å². The lowest BCUT2D eigenvalue weighted by atomic mass is 9.31. The second kappa shape index (κ2) is 6.82. The zero-order valence-electron chi connectivity index (χ0n) is 22.4.